The van der Waals surface area contributed by atoms with Crippen molar-refractivity contribution < 1.29 is 14.6 Å². The second kappa shape index (κ2) is 9.64. The molecule has 0 bridgehead atoms. The molecule has 3 nitrogen and oxygen atoms in total. The van der Waals surface area contributed by atoms with Gasteiger partial charge in [0.2, 0.25) is 0 Å². The Kier molecular flexibility index (Phi) is 9.30. The lowest BCUT2D eigenvalue weighted by atomic mass is 9.96. The summed E-state index contributed by atoms with van der Waals surface area (Å²) in [5.41, 5.74) is 0. The highest BCUT2D eigenvalue weighted by Gasteiger charge is 2.24. The summed E-state index contributed by atoms with van der Waals surface area (Å²) in [6, 6.07) is 0. The first-order chi connectivity index (χ1) is 7.63. The van der Waals surface area contributed by atoms with Crippen LogP contribution >= 0.6 is 0 Å². The highest BCUT2D eigenvalue weighted by molar-refractivity contribution is 5.72. The first-order valence-electron chi connectivity index (χ1n) is 6.48. The molecular weight excluding hydrogens is 204 g/mol. The minimum Gasteiger partial charge on any atom is -0.466 e. The molecule has 0 amide bonds. The summed E-state index contributed by atoms with van der Waals surface area (Å²) >= 11 is 0. The zero-order valence-corrected chi connectivity index (χ0v) is 10.9. The van der Waals surface area contributed by atoms with Crippen molar-refractivity contribution in [2.24, 2.45) is 5.92 Å². The van der Waals surface area contributed by atoms with Crippen LogP contribution in [0.5, 0.6) is 0 Å². The molecule has 0 saturated carbocycles. The average Bonchev–Trinajstić information content (AvgIpc) is 2.23. The van der Waals surface area contributed by atoms with Crippen LogP contribution in [-0.4, -0.2) is 23.8 Å². The Bertz CT molecular complexity index is 178. The molecule has 3 heteroatoms. The van der Waals surface area contributed by atoms with Crippen LogP contribution in [0.4, 0.5) is 0 Å². The molecular formula is C13H26O3. The minimum absolute atomic E-state index is 0.256. The minimum atomic E-state index is -0.606. The number of carbonyl (C=O) groups is 1. The van der Waals surface area contributed by atoms with Crippen molar-refractivity contribution in [2.75, 3.05) is 6.61 Å². The van der Waals surface area contributed by atoms with Crippen molar-refractivity contribution in [1.82, 2.24) is 0 Å². The van der Waals surface area contributed by atoms with E-state index >= 15 is 0 Å². The second-order valence-electron chi connectivity index (χ2n) is 4.30. The smallest absolute Gasteiger partial charge is 0.311 e. The Labute approximate surface area is 99.2 Å². The van der Waals surface area contributed by atoms with Gasteiger partial charge in [-0.25, -0.2) is 0 Å². The lowest BCUT2D eigenvalue weighted by molar-refractivity contribution is -0.152. The van der Waals surface area contributed by atoms with Gasteiger partial charge in [0.1, 0.15) is 0 Å². The van der Waals surface area contributed by atoms with Crippen LogP contribution in [0.25, 0.3) is 0 Å². The third-order valence-corrected chi connectivity index (χ3v) is 2.79. The van der Waals surface area contributed by atoms with Gasteiger partial charge in [-0.1, -0.05) is 39.0 Å². The number of esters is 1. The van der Waals surface area contributed by atoms with Gasteiger partial charge in [0.15, 0.2) is 0 Å². The number of carbonyl (C=O) groups excluding carboxylic acids is 1. The summed E-state index contributed by atoms with van der Waals surface area (Å²) in [6.07, 6.45) is 5.94. The van der Waals surface area contributed by atoms with Crippen molar-refractivity contribution in [3.05, 3.63) is 0 Å². The van der Waals surface area contributed by atoms with E-state index in [-0.39, 0.29) is 11.9 Å². The fourth-order valence-electron chi connectivity index (χ4n) is 1.77. The number of hydrogen-bond donors (Lipinski definition) is 1. The Morgan fingerprint density at radius 3 is 2.31 bits per heavy atom. The van der Waals surface area contributed by atoms with Crippen molar-refractivity contribution in [1.29, 1.82) is 0 Å². The predicted molar refractivity (Wildman–Crippen MR) is 65.2 cm³/mol. The summed E-state index contributed by atoms with van der Waals surface area (Å²) in [7, 11) is 0. The van der Waals surface area contributed by atoms with Gasteiger partial charge in [-0.3, -0.25) is 4.79 Å². The predicted octanol–water partition coefficient (Wildman–Crippen LogP) is 2.91. The Morgan fingerprint density at radius 1 is 1.19 bits per heavy atom. The van der Waals surface area contributed by atoms with Crippen LogP contribution in [0.3, 0.4) is 0 Å². The summed E-state index contributed by atoms with van der Waals surface area (Å²) in [6.45, 7) is 6.01. The molecule has 0 spiro atoms. The zero-order chi connectivity index (χ0) is 12.4. The van der Waals surface area contributed by atoms with Crippen LogP contribution in [0.2, 0.25) is 0 Å². The van der Waals surface area contributed by atoms with E-state index in [4.69, 9.17) is 4.74 Å². The zero-order valence-electron chi connectivity index (χ0n) is 10.9. The van der Waals surface area contributed by atoms with E-state index in [1.54, 1.807) is 13.8 Å². The first kappa shape index (κ1) is 15.4. The van der Waals surface area contributed by atoms with Gasteiger partial charge in [-0.2, -0.15) is 0 Å². The maximum absolute atomic E-state index is 11.5. The summed E-state index contributed by atoms with van der Waals surface area (Å²) in [5.74, 6) is -0.602. The SMILES string of the molecule is CCCCCCCC(C(=O)OCC)C(C)O. The number of aliphatic hydroxyl groups is 1. The normalized spacial score (nSPS) is 14.5. The highest BCUT2D eigenvalue weighted by Crippen LogP contribution is 2.16. The van der Waals surface area contributed by atoms with E-state index in [9.17, 15) is 9.90 Å². The van der Waals surface area contributed by atoms with E-state index in [1.807, 2.05) is 0 Å². The molecule has 2 unspecified atom stereocenters. The molecule has 16 heavy (non-hydrogen) atoms. The second-order valence-corrected chi connectivity index (χ2v) is 4.30. The lowest BCUT2D eigenvalue weighted by Gasteiger charge is -2.17. The summed E-state index contributed by atoms with van der Waals surface area (Å²) in [5, 5.41) is 9.51. The molecule has 0 aliphatic carbocycles. The number of unbranched alkanes of at least 4 members (excludes halogenated alkanes) is 4. The molecule has 0 aliphatic heterocycles. The Hall–Kier alpha value is -0.570. The van der Waals surface area contributed by atoms with Gasteiger partial charge in [0.25, 0.3) is 0 Å². The number of hydrogen-bond acceptors (Lipinski definition) is 3. The fraction of sp³-hybridized carbons (Fsp3) is 0.923. The Morgan fingerprint density at radius 2 is 1.81 bits per heavy atom. The molecule has 1 N–H and O–H groups in total. The third-order valence-electron chi connectivity index (χ3n) is 2.79. The van der Waals surface area contributed by atoms with Gasteiger partial charge < -0.3 is 9.84 Å². The van der Waals surface area contributed by atoms with Gasteiger partial charge in [-0.15, -0.1) is 0 Å². The molecule has 0 aromatic rings. The van der Waals surface area contributed by atoms with Crippen LogP contribution in [0.1, 0.15) is 59.3 Å². The van der Waals surface area contributed by atoms with E-state index in [0.717, 1.165) is 19.3 Å². The van der Waals surface area contributed by atoms with Gasteiger partial charge in [-0.05, 0) is 20.3 Å². The van der Waals surface area contributed by atoms with Gasteiger partial charge >= 0.3 is 5.97 Å². The van der Waals surface area contributed by atoms with E-state index in [1.165, 1.54) is 19.3 Å². The highest BCUT2D eigenvalue weighted by atomic mass is 16.5. The van der Waals surface area contributed by atoms with Crippen molar-refractivity contribution >= 4 is 5.97 Å². The largest absolute Gasteiger partial charge is 0.466 e. The first-order valence-corrected chi connectivity index (χ1v) is 6.48. The summed E-state index contributed by atoms with van der Waals surface area (Å²) in [4.78, 5) is 11.5. The van der Waals surface area contributed by atoms with Crippen LogP contribution < -0.4 is 0 Å². The number of rotatable bonds is 9. The maximum atomic E-state index is 11.5. The van der Waals surface area contributed by atoms with Crippen LogP contribution in [-0.2, 0) is 9.53 Å². The van der Waals surface area contributed by atoms with Crippen LogP contribution in [0, 0.1) is 5.92 Å². The van der Waals surface area contributed by atoms with E-state index < -0.39 is 6.10 Å². The standard InChI is InChI=1S/C13H26O3/c1-4-6-7-8-9-10-12(11(3)14)13(15)16-5-2/h11-12,14H,4-10H2,1-3H3. The molecule has 0 heterocycles. The van der Waals surface area contributed by atoms with E-state index in [0.29, 0.717) is 6.61 Å². The molecule has 0 aromatic carbocycles. The van der Waals surface area contributed by atoms with E-state index in [2.05, 4.69) is 6.92 Å². The van der Waals surface area contributed by atoms with Gasteiger partial charge in [0.05, 0.1) is 18.6 Å². The van der Waals surface area contributed by atoms with Gasteiger partial charge in [0, 0.05) is 0 Å². The molecule has 0 fully saturated rings. The molecule has 0 aromatic heterocycles. The van der Waals surface area contributed by atoms with Crippen molar-refractivity contribution in [3.63, 3.8) is 0 Å². The lowest BCUT2D eigenvalue weighted by Crippen LogP contribution is -2.27. The van der Waals surface area contributed by atoms with Crippen LogP contribution in [0.15, 0.2) is 0 Å². The molecule has 0 saturated heterocycles. The molecule has 0 rings (SSSR count). The molecule has 0 radical (unpaired) electrons. The third kappa shape index (κ3) is 6.83. The quantitative estimate of drug-likeness (QED) is 0.489. The van der Waals surface area contributed by atoms with Crippen molar-refractivity contribution in [3.8, 4) is 0 Å². The molecule has 0 aliphatic rings. The topological polar surface area (TPSA) is 46.5 Å². The van der Waals surface area contributed by atoms with Crippen molar-refractivity contribution in [2.45, 2.75) is 65.4 Å². The number of ether oxygens (including phenoxy) is 1. The molecule has 96 valence electrons. The monoisotopic (exact) mass is 230 g/mol. The maximum Gasteiger partial charge on any atom is 0.311 e. The number of aliphatic hydroxyl groups excluding tert-OH is 1. The fourth-order valence-corrected chi connectivity index (χ4v) is 1.77. The average molecular weight is 230 g/mol. The Balaban J connectivity index is 3.81. The molecule has 2 atom stereocenters. The summed E-state index contributed by atoms with van der Waals surface area (Å²) < 4.78 is 4.94.